The third-order valence-electron chi connectivity index (χ3n) is 5.55. The second kappa shape index (κ2) is 17.5. The largest absolute Gasteiger partial charge is 0.395 e. The maximum atomic E-state index is 9.70. The van der Waals surface area contributed by atoms with E-state index in [4.69, 9.17) is 14.2 Å². The third-order valence-corrected chi connectivity index (χ3v) is 5.55. The Morgan fingerprint density at radius 2 is 1.38 bits per heavy atom. The number of likely N-dealkylation sites (N-methyl/N-ethyl adjacent to an activating group) is 1. The van der Waals surface area contributed by atoms with Crippen LogP contribution in [0.1, 0.15) is 93.4 Å². The van der Waals surface area contributed by atoms with Crippen molar-refractivity contribution in [2.75, 3.05) is 39.5 Å². The van der Waals surface area contributed by atoms with Crippen LogP contribution in [-0.4, -0.2) is 61.5 Å². The minimum atomic E-state index is -1.03. The summed E-state index contributed by atoms with van der Waals surface area (Å²) in [7, 11) is 0. The van der Waals surface area contributed by atoms with Crippen LogP contribution in [0.15, 0.2) is 0 Å². The fraction of sp³-hybridized carbons (Fsp3) is 1.00. The van der Waals surface area contributed by atoms with Crippen LogP contribution in [0.25, 0.3) is 0 Å². The molecule has 0 aromatic rings. The van der Waals surface area contributed by atoms with Gasteiger partial charge in [0, 0.05) is 32.4 Å². The topological polar surface area (TPSA) is 51.2 Å². The Labute approximate surface area is 181 Å². The molecule has 0 aromatic carbocycles. The van der Waals surface area contributed by atoms with Gasteiger partial charge in [-0.2, -0.15) is 0 Å². The highest BCUT2D eigenvalue weighted by Gasteiger charge is 2.47. The van der Waals surface area contributed by atoms with Crippen molar-refractivity contribution in [3.05, 3.63) is 0 Å². The van der Waals surface area contributed by atoms with Crippen LogP contribution in [0.5, 0.6) is 0 Å². The number of hydrogen-bond acceptors (Lipinski definition) is 5. The van der Waals surface area contributed by atoms with Crippen molar-refractivity contribution in [1.82, 2.24) is 4.90 Å². The fourth-order valence-corrected chi connectivity index (χ4v) is 4.38. The third kappa shape index (κ3) is 10.6. The maximum Gasteiger partial charge on any atom is 0.287 e. The number of unbranched alkanes of at least 4 members (excludes halogenated alkanes) is 4. The minimum absolute atomic E-state index is 0.0834. The molecule has 5 heteroatoms. The molecule has 0 fully saturated rings. The summed E-state index contributed by atoms with van der Waals surface area (Å²) in [6.45, 7) is 18.3. The highest BCUT2D eigenvalue weighted by atomic mass is 16.9. The van der Waals surface area contributed by atoms with Crippen LogP contribution >= 0.6 is 0 Å². The lowest BCUT2D eigenvalue weighted by Gasteiger charge is -2.46. The number of aliphatic hydroxyl groups is 1. The first-order valence-electron chi connectivity index (χ1n) is 12.2. The molecule has 0 aromatic heterocycles. The first kappa shape index (κ1) is 28.8. The van der Waals surface area contributed by atoms with Gasteiger partial charge in [-0.25, -0.2) is 0 Å². The summed E-state index contributed by atoms with van der Waals surface area (Å²) >= 11 is 0. The first-order chi connectivity index (χ1) is 14.0. The zero-order chi connectivity index (χ0) is 22.1. The number of rotatable bonds is 20. The van der Waals surface area contributed by atoms with Crippen LogP contribution in [0.2, 0.25) is 0 Å². The number of nitrogens with zero attached hydrogens (tertiary/aromatic N) is 1. The van der Waals surface area contributed by atoms with Gasteiger partial charge in [-0.05, 0) is 46.1 Å². The lowest BCUT2D eigenvalue weighted by atomic mass is 9.84. The predicted molar refractivity (Wildman–Crippen MR) is 122 cm³/mol. The Morgan fingerprint density at radius 1 is 0.828 bits per heavy atom. The van der Waals surface area contributed by atoms with Crippen LogP contribution < -0.4 is 0 Å². The molecule has 0 saturated heterocycles. The van der Waals surface area contributed by atoms with Crippen molar-refractivity contribution >= 4 is 0 Å². The van der Waals surface area contributed by atoms with Crippen LogP contribution in [0.3, 0.4) is 0 Å². The quantitative estimate of drug-likeness (QED) is 0.211. The standard InChI is InChI=1S/C24H51NO4/c1-8-13-14-15-16-17-23(25(9-2)18-19-26)22(20-21(6)7)24(27-10-3,28-11-4)29-12-5/h21-23,26H,8-20H2,1-7H3. The van der Waals surface area contributed by atoms with Gasteiger partial charge in [0.1, 0.15) is 0 Å². The van der Waals surface area contributed by atoms with E-state index >= 15 is 0 Å². The van der Waals surface area contributed by atoms with Gasteiger partial charge in [0.05, 0.1) is 12.5 Å². The van der Waals surface area contributed by atoms with Crippen LogP contribution in [0, 0.1) is 11.8 Å². The Hall–Kier alpha value is -0.200. The van der Waals surface area contributed by atoms with E-state index in [1.165, 1.54) is 32.1 Å². The Bertz CT molecular complexity index is 348. The number of hydrogen-bond donors (Lipinski definition) is 1. The number of aliphatic hydroxyl groups excluding tert-OH is 1. The van der Waals surface area contributed by atoms with Crippen molar-refractivity contribution in [3.8, 4) is 0 Å². The van der Waals surface area contributed by atoms with Gasteiger partial charge in [-0.1, -0.05) is 59.8 Å². The summed E-state index contributed by atoms with van der Waals surface area (Å²) in [5.41, 5.74) is 0. The molecule has 0 aliphatic rings. The van der Waals surface area contributed by atoms with E-state index in [9.17, 15) is 5.11 Å². The maximum absolute atomic E-state index is 9.70. The van der Waals surface area contributed by atoms with Gasteiger partial charge in [0.15, 0.2) is 0 Å². The zero-order valence-electron chi connectivity index (χ0n) is 20.5. The molecule has 0 rings (SSSR count). The van der Waals surface area contributed by atoms with Gasteiger partial charge in [0.25, 0.3) is 5.97 Å². The lowest BCUT2D eigenvalue weighted by molar-refractivity contribution is -0.409. The first-order valence-corrected chi connectivity index (χ1v) is 12.2. The van der Waals surface area contributed by atoms with E-state index in [0.717, 1.165) is 19.4 Å². The summed E-state index contributed by atoms with van der Waals surface area (Å²) in [6.07, 6.45) is 8.31. The van der Waals surface area contributed by atoms with Crippen LogP contribution in [0.4, 0.5) is 0 Å². The van der Waals surface area contributed by atoms with E-state index in [0.29, 0.717) is 32.3 Å². The molecule has 2 atom stereocenters. The molecule has 0 bridgehead atoms. The van der Waals surface area contributed by atoms with E-state index in [1.807, 2.05) is 20.8 Å². The van der Waals surface area contributed by atoms with Gasteiger partial charge >= 0.3 is 0 Å². The smallest absolute Gasteiger partial charge is 0.287 e. The number of ether oxygens (including phenoxy) is 3. The van der Waals surface area contributed by atoms with Gasteiger partial charge in [0.2, 0.25) is 0 Å². The lowest BCUT2D eigenvalue weighted by Crippen LogP contribution is -2.56. The summed E-state index contributed by atoms with van der Waals surface area (Å²) in [5.74, 6) is -0.448. The second-order valence-corrected chi connectivity index (χ2v) is 8.26. The monoisotopic (exact) mass is 417 g/mol. The molecule has 0 amide bonds. The van der Waals surface area contributed by atoms with Crippen molar-refractivity contribution in [2.45, 2.75) is 105 Å². The Balaban J connectivity index is 5.88. The molecule has 0 aliphatic carbocycles. The van der Waals surface area contributed by atoms with E-state index in [2.05, 4.69) is 32.6 Å². The SMILES string of the molecule is CCCCCCCC(C(CC(C)C)C(OCC)(OCC)OCC)N(CC)CCO. The zero-order valence-corrected chi connectivity index (χ0v) is 20.5. The van der Waals surface area contributed by atoms with Crippen LogP contribution in [-0.2, 0) is 14.2 Å². The van der Waals surface area contributed by atoms with Gasteiger partial charge in [-0.3, -0.25) is 4.90 Å². The summed E-state index contributed by atoms with van der Waals surface area (Å²) in [6, 6.07) is 0.251. The van der Waals surface area contributed by atoms with Crippen molar-refractivity contribution in [2.24, 2.45) is 11.8 Å². The Morgan fingerprint density at radius 3 is 1.79 bits per heavy atom. The predicted octanol–water partition coefficient (Wildman–Crippen LogP) is 5.46. The average molecular weight is 418 g/mol. The molecule has 1 N–H and O–H groups in total. The molecule has 29 heavy (non-hydrogen) atoms. The summed E-state index contributed by atoms with van der Waals surface area (Å²) in [5, 5.41) is 9.70. The van der Waals surface area contributed by atoms with E-state index in [-0.39, 0.29) is 18.6 Å². The molecule has 5 nitrogen and oxygen atoms in total. The van der Waals surface area contributed by atoms with Crippen molar-refractivity contribution in [1.29, 1.82) is 0 Å². The highest BCUT2D eigenvalue weighted by molar-refractivity contribution is 4.87. The van der Waals surface area contributed by atoms with E-state index < -0.39 is 5.97 Å². The molecule has 0 spiro atoms. The van der Waals surface area contributed by atoms with Gasteiger partial charge in [-0.15, -0.1) is 0 Å². The average Bonchev–Trinajstić information content (AvgIpc) is 2.68. The second-order valence-electron chi connectivity index (χ2n) is 8.26. The molecular formula is C24H51NO4. The van der Waals surface area contributed by atoms with Crippen molar-refractivity contribution in [3.63, 3.8) is 0 Å². The summed E-state index contributed by atoms with van der Waals surface area (Å²) in [4.78, 5) is 2.40. The Kier molecular flexibility index (Phi) is 17.4. The highest BCUT2D eigenvalue weighted by Crippen LogP contribution is 2.37. The molecular weight excluding hydrogens is 366 g/mol. The summed E-state index contributed by atoms with van der Waals surface area (Å²) < 4.78 is 18.7. The molecule has 176 valence electrons. The fourth-order valence-electron chi connectivity index (χ4n) is 4.38. The van der Waals surface area contributed by atoms with Crippen molar-refractivity contribution < 1.29 is 19.3 Å². The molecule has 0 heterocycles. The molecule has 0 radical (unpaired) electrons. The normalized spacial score (nSPS) is 14.7. The minimum Gasteiger partial charge on any atom is -0.395 e. The molecule has 2 unspecified atom stereocenters. The molecule has 0 saturated carbocycles. The molecule has 0 aliphatic heterocycles. The van der Waals surface area contributed by atoms with Gasteiger partial charge < -0.3 is 19.3 Å². The van der Waals surface area contributed by atoms with E-state index in [1.54, 1.807) is 0 Å².